The molecule has 2 aliphatic rings. The number of benzene rings is 1. The van der Waals surface area contributed by atoms with Crippen LogP contribution in [0, 0.1) is 5.92 Å². The molecular formula is C19H23N3O3. The molecule has 2 heterocycles. The second-order valence-electron chi connectivity index (χ2n) is 6.57. The minimum atomic E-state index is 0.0347. The Labute approximate surface area is 147 Å². The molecule has 6 nitrogen and oxygen atoms in total. The lowest BCUT2D eigenvalue weighted by atomic mass is 10.0. The van der Waals surface area contributed by atoms with Crippen molar-refractivity contribution in [3.05, 3.63) is 42.0 Å². The van der Waals surface area contributed by atoms with E-state index in [0.717, 1.165) is 18.9 Å². The molecule has 1 saturated heterocycles. The molecule has 0 spiro atoms. The molecule has 1 saturated carbocycles. The quantitative estimate of drug-likeness (QED) is 0.833. The van der Waals surface area contributed by atoms with Gasteiger partial charge in [0, 0.05) is 19.2 Å². The fourth-order valence-electron chi connectivity index (χ4n) is 3.31. The van der Waals surface area contributed by atoms with Gasteiger partial charge in [0.25, 0.3) is 0 Å². The molecule has 1 aliphatic carbocycles. The predicted octanol–water partition coefficient (Wildman–Crippen LogP) is 2.85. The Bertz CT molecular complexity index is 699. The molecule has 25 heavy (non-hydrogen) atoms. The lowest BCUT2D eigenvalue weighted by molar-refractivity contribution is -0.0387. The van der Waals surface area contributed by atoms with E-state index in [1.54, 1.807) is 14.2 Å². The van der Waals surface area contributed by atoms with E-state index >= 15 is 0 Å². The van der Waals surface area contributed by atoms with Crippen LogP contribution < -0.4 is 14.4 Å². The van der Waals surface area contributed by atoms with Crippen LogP contribution in [0.3, 0.4) is 0 Å². The monoisotopic (exact) mass is 341 g/mol. The summed E-state index contributed by atoms with van der Waals surface area (Å²) in [6.45, 7) is 1.58. The number of aromatic nitrogens is 2. The van der Waals surface area contributed by atoms with Gasteiger partial charge in [0.05, 0.1) is 20.3 Å². The molecule has 0 bridgehead atoms. The van der Waals surface area contributed by atoms with E-state index in [1.165, 1.54) is 18.4 Å². The van der Waals surface area contributed by atoms with E-state index in [-0.39, 0.29) is 12.2 Å². The summed E-state index contributed by atoms with van der Waals surface area (Å²) in [4.78, 5) is 11.0. The van der Waals surface area contributed by atoms with Crippen LogP contribution in [0.25, 0.3) is 0 Å². The van der Waals surface area contributed by atoms with Crippen LogP contribution in [0.1, 0.15) is 24.5 Å². The molecule has 1 aliphatic heterocycles. The first kappa shape index (κ1) is 16.1. The highest BCUT2D eigenvalue weighted by atomic mass is 16.5. The van der Waals surface area contributed by atoms with E-state index in [2.05, 4.69) is 39.1 Å². The van der Waals surface area contributed by atoms with Crippen molar-refractivity contribution in [2.45, 2.75) is 25.0 Å². The molecule has 0 unspecified atom stereocenters. The predicted molar refractivity (Wildman–Crippen MR) is 94.1 cm³/mol. The summed E-state index contributed by atoms with van der Waals surface area (Å²) in [6.07, 6.45) is 2.76. The molecule has 0 N–H and O–H groups in total. The van der Waals surface area contributed by atoms with Gasteiger partial charge in [0.2, 0.25) is 5.88 Å². The third-order valence-corrected chi connectivity index (χ3v) is 4.83. The summed E-state index contributed by atoms with van der Waals surface area (Å²) in [6, 6.07) is 12.6. The van der Waals surface area contributed by atoms with Crippen molar-refractivity contribution < 1.29 is 14.2 Å². The van der Waals surface area contributed by atoms with Crippen LogP contribution in [0.15, 0.2) is 36.4 Å². The number of morpholine rings is 1. The van der Waals surface area contributed by atoms with Gasteiger partial charge in [-0.2, -0.15) is 9.97 Å². The van der Waals surface area contributed by atoms with E-state index < -0.39 is 0 Å². The van der Waals surface area contributed by atoms with Crippen LogP contribution in [0.5, 0.6) is 11.9 Å². The Morgan fingerprint density at radius 2 is 1.84 bits per heavy atom. The van der Waals surface area contributed by atoms with Gasteiger partial charge >= 0.3 is 6.01 Å². The number of rotatable bonds is 5. The van der Waals surface area contributed by atoms with Gasteiger partial charge in [-0.25, -0.2) is 0 Å². The summed E-state index contributed by atoms with van der Waals surface area (Å²) in [5.74, 6) is 1.98. The summed E-state index contributed by atoms with van der Waals surface area (Å²) >= 11 is 0. The lowest BCUT2D eigenvalue weighted by Crippen LogP contribution is -2.45. The number of hydrogen-bond donors (Lipinski definition) is 0. The molecule has 132 valence electrons. The SMILES string of the molecule is COc1cc(N2C[C@@H](c3ccccc3)O[C@@H](C3CC3)C2)nc(OC)n1. The van der Waals surface area contributed by atoms with Crippen LogP contribution >= 0.6 is 0 Å². The van der Waals surface area contributed by atoms with Gasteiger partial charge in [0.1, 0.15) is 11.9 Å². The molecule has 0 radical (unpaired) electrons. The maximum Gasteiger partial charge on any atom is 0.321 e. The van der Waals surface area contributed by atoms with Crippen molar-refractivity contribution in [3.8, 4) is 11.9 Å². The molecule has 2 fully saturated rings. The molecule has 2 atom stereocenters. The number of ether oxygens (including phenoxy) is 3. The summed E-state index contributed by atoms with van der Waals surface area (Å²) < 4.78 is 16.9. The van der Waals surface area contributed by atoms with Crippen LogP contribution in [0.2, 0.25) is 0 Å². The molecule has 1 aromatic carbocycles. The Hall–Kier alpha value is -2.34. The molecule has 6 heteroatoms. The van der Waals surface area contributed by atoms with Crippen LogP contribution in [-0.4, -0.2) is 43.4 Å². The maximum absolute atomic E-state index is 6.41. The standard InChI is InChI=1S/C19H23N3O3/c1-23-18-10-17(20-19(21-18)24-2)22-11-15(13-6-4-3-5-7-13)25-16(12-22)14-8-9-14/h3-7,10,14-16H,8-9,11-12H2,1-2H3/t15-,16+/m0/s1. The number of methoxy groups -OCH3 is 2. The van der Waals surface area contributed by atoms with Gasteiger partial charge < -0.3 is 19.1 Å². The zero-order valence-corrected chi connectivity index (χ0v) is 14.6. The smallest absolute Gasteiger partial charge is 0.321 e. The van der Waals surface area contributed by atoms with E-state index in [4.69, 9.17) is 14.2 Å². The highest BCUT2D eigenvalue weighted by molar-refractivity contribution is 5.44. The number of anilines is 1. The van der Waals surface area contributed by atoms with E-state index in [9.17, 15) is 0 Å². The first-order chi connectivity index (χ1) is 12.3. The third-order valence-electron chi connectivity index (χ3n) is 4.83. The van der Waals surface area contributed by atoms with Crippen molar-refractivity contribution in [2.24, 2.45) is 5.92 Å². The summed E-state index contributed by atoms with van der Waals surface area (Å²) in [7, 11) is 3.17. The Morgan fingerprint density at radius 3 is 2.52 bits per heavy atom. The summed E-state index contributed by atoms with van der Waals surface area (Å²) in [5, 5.41) is 0. The Kier molecular flexibility index (Phi) is 4.44. The minimum Gasteiger partial charge on any atom is -0.481 e. The van der Waals surface area contributed by atoms with E-state index in [0.29, 0.717) is 17.8 Å². The summed E-state index contributed by atoms with van der Waals surface area (Å²) in [5.41, 5.74) is 1.20. The largest absolute Gasteiger partial charge is 0.481 e. The average Bonchev–Trinajstić information content (AvgIpc) is 3.53. The maximum atomic E-state index is 6.41. The van der Waals surface area contributed by atoms with Gasteiger partial charge in [-0.3, -0.25) is 0 Å². The average molecular weight is 341 g/mol. The second kappa shape index (κ2) is 6.88. The normalized spacial score (nSPS) is 23.4. The first-order valence-corrected chi connectivity index (χ1v) is 8.69. The molecule has 1 aromatic heterocycles. The van der Waals surface area contributed by atoms with Gasteiger partial charge in [-0.1, -0.05) is 30.3 Å². The van der Waals surface area contributed by atoms with Crippen molar-refractivity contribution in [2.75, 3.05) is 32.2 Å². The topological polar surface area (TPSA) is 56.7 Å². The van der Waals surface area contributed by atoms with Crippen molar-refractivity contribution in [1.82, 2.24) is 9.97 Å². The molecule has 0 amide bonds. The number of nitrogens with zero attached hydrogens (tertiary/aromatic N) is 3. The van der Waals surface area contributed by atoms with Crippen LogP contribution in [-0.2, 0) is 4.74 Å². The molecular weight excluding hydrogens is 318 g/mol. The van der Waals surface area contributed by atoms with Gasteiger partial charge in [-0.05, 0) is 24.3 Å². The lowest BCUT2D eigenvalue weighted by Gasteiger charge is -2.39. The fraction of sp³-hybridized carbons (Fsp3) is 0.474. The fourth-order valence-corrected chi connectivity index (χ4v) is 3.31. The second-order valence-corrected chi connectivity index (χ2v) is 6.57. The van der Waals surface area contributed by atoms with Crippen LogP contribution in [0.4, 0.5) is 5.82 Å². The third kappa shape index (κ3) is 3.54. The zero-order valence-electron chi connectivity index (χ0n) is 14.6. The van der Waals surface area contributed by atoms with Gasteiger partial charge in [0.15, 0.2) is 0 Å². The van der Waals surface area contributed by atoms with Gasteiger partial charge in [-0.15, -0.1) is 0 Å². The molecule has 4 rings (SSSR count). The minimum absolute atomic E-state index is 0.0347. The van der Waals surface area contributed by atoms with Crippen molar-refractivity contribution >= 4 is 5.82 Å². The highest BCUT2D eigenvalue weighted by Crippen LogP contribution is 2.40. The van der Waals surface area contributed by atoms with Crippen molar-refractivity contribution in [3.63, 3.8) is 0 Å². The molecule has 2 aromatic rings. The first-order valence-electron chi connectivity index (χ1n) is 8.69. The highest BCUT2D eigenvalue weighted by Gasteiger charge is 2.39. The van der Waals surface area contributed by atoms with E-state index in [1.807, 2.05) is 12.1 Å². The number of hydrogen-bond acceptors (Lipinski definition) is 6. The Balaban J connectivity index is 1.63. The van der Waals surface area contributed by atoms with Crippen molar-refractivity contribution in [1.29, 1.82) is 0 Å². The Morgan fingerprint density at radius 1 is 1.04 bits per heavy atom. The zero-order chi connectivity index (χ0) is 17.2.